The van der Waals surface area contributed by atoms with Crippen LogP contribution in [-0.4, -0.2) is 45.3 Å². The molecule has 2 aliphatic heterocycles. The van der Waals surface area contributed by atoms with Crippen molar-refractivity contribution in [3.63, 3.8) is 0 Å². The number of hydrogen-bond donors (Lipinski definition) is 0. The number of nitrogens with zero attached hydrogens (tertiary/aromatic N) is 4. The Bertz CT molecular complexity index is 865. The number of rotatable bonds is 1. The van der Waals surface area contributed by atoms with Gasteiger partial charge < -0.3 is 18.9 Å². The van der Waals surface area contributed by atoms with E-state index in [1.807, 2.05) is 0 Å². The lowest BCUT2D eigenvalue weighted by atomic mass is 10.1. The molecule has 0 fully saturated rings. The van der Waals surface area contributed by atoms with Crippen LogP contribution in [0.3, 0.4) is 0 Å². The highest BCUT2D eigenvalue weighted by Crippen LogP contribution is 2.35. The van der Waals surface area contributed by atoms with Gasteiger partial charge in [-0.25, -0.2) is 0 Å². The van der Waals surface area contributed by atoms with E-state index in [4.69, 9.17) is 9.47 Å². The predicted octanol–water partition coefficient (Wildman–Crippen LogP) is 2.29. The van der Waals surface area contributed by atoms with E-state index in [1.165, 1.54) is 4.90 Å². The second-order valence-corrected chi connectivity index (χ2v) is 6.06. The van der Waals surface area contributed by atoms with Crippen LogP contribution >= 0.6 is 0 Å². The van der Waals surface area contributed by atoms with Crippen LogP contribution in [0.5, 0.6) is 11.5 Å². The molecule has 0 saturated carbocycles. The summed E-state index contributed by atoms with van der Waals surface area (Å²) in [5, 5.41) is 6.91. The van der Waals surface area contributed by atoms with Crippen molar-refractivity contribution in [1.82, 2.24) is 19.7 Å². The van der Waals surface area contributed by atoms with E-state index >= 15 is 0 Å². The number of carbonyl (C=O) groups excluding carboxylic acids is 1. The van der Waals surface area contributed by atoms with Crippen molar-refractivity contribution in [1.29, 1.82) is 0 Å². The fourth-order valence-electron chi connectivity index (χ4n) is 3.21. The van der Waals surface area contributed by atoms with Crippen LogP contribution in [0.15, 0.2) is 18.2 Å². The Morgan fingerprint density at radius 2 is 1.88 bits per heavy atom. The minimum atomic E-state index is -4.58. The summed E-state index contributed by atoms with van der Waals surface area (Å²) in [4.78, 5) is 14.3. The molecule has 1 unspecified atom stereocenters. The van der Waals surface area contributed by atoms with Crippen LogP contribution < -0.4 is 9.47 Å². The molecule has 0 aliphatic carbocycles. The second kappa shape index (κ2) is 5.89. The van der Waals surface area contributed by atoms with Crippen LogP contribution in [0.2, 0.25) is 0 Å². The van der Waals surface area contributed by atoms with Gasteiger partial charge >= 0.3 is 6.18 Å². The lowest BCUT2D eigenvalue weighted by Crippen LogP contribution is -2.42. The standard InChI is InChI=1S/C16H15F3N4O3/c1-9-13-20-21-15(16(17,18)19)23(13)5-4-22(9)14(24)10-2-3-11-12(8-10)26-7-6-25-11/h2-3,8-9H,4-7H2,1H3. The summed E-state index contributed by atoms with van der Waals surface area (Å²) >= 11 is 0. The van der Waals surface area contributed by atoms with Gasteiger partial charge in [0.15, 0.2) is 17.3 Å². The molecule has 4 rings (SSSR count). The molecule has 1 aromatic carbocycles. The third-order valence-electron chi connectivity index (χ3n) is 4.49. The van der Waals surface area contributed by atoms with Crippen LogP contribution in [0.4, 0.5) is 13.2 Å². The van der Waals surface area contributed by atoms with Gasteiger partial charge in [0.25, 0.3) is 5.91 Å². The van der Waals surface area contributed by atoms with Gasteiger partial charge in [0, 0.05) is 18.7 Å². The first-order valence-corrected chi connectivity index (χ1v) is 8.07. The van der Waals surface area contributed by atoms with E-state index in [0.29, 0.717) is 30.3 Å². The summed E-state index contributed by atoms with van der Waals surface area (Å²) in [7, 11) is 0. The first kappa shape index (κ1) is 16.7. The Kier molecular flexibility index (Phi) is 3.78. The molecule has 2 aliphatic rings. The number of carbonyl (C=O) groups is 1. The van der Waals surface area contributed by atoms with Crippen LogP contribution in [0.1, 0.15) is 35.0 Å². The predicted molar refractivity (Wildman–Crippen MR) is 81.9 cm³/mol. The Morgan fingerprint density at radius 1 is 1.15 bits per heavy atom. The van der Waals surface area contributed by atoms with Crippen molar-refractivity contribution in [3.8, 4) is 11.5 Å². The number of hydrogen-bond acceptors (Lipinski definition) is 5. The van der Waals surface area contributed by atoms with Gasteiger partial charge in [0.05, 0.1) is 6.04 Å². The molecular weight excluding hydrogens is 353 g/mol. The monoisotopic (exact) mass is 368 g/mol. The van der Waals surface area contributed by atoms with E-state index in [-0.39, 0.29) is 24.8 Å². The molecule has 2 aromatic rings. The van der Waals surface area contributed by atoms with E-state index in [0.717, 1.165) is 4.57 Å². The minimum absolute atomic E-state index is 0.0161. The van der Waals surface area contributed by atoms with Crippen molar-refractivity contribution in [2.24, 2.45) is 0 Å². The lowest BCUT2D eigenvalue weighted by molar-refractivity contribution is -0.148. The molecule has 0 radical (unpaired) electrons. The molecule has 7 nitrogen and oxygen atoms in total. The molecule has 1 amide bonds. The molecule has 26 heavy (non-hydrogen) atoms. The quantitative estimate of drug-likeness (QED) is 0.773. The second-order valence-electron chi connectivity index (χ2n) is 6.06. The lowest BCUT2D eigenvalue weighted by Gasteiger charge is -2.34. The van der Waals surface area contributed by atoms with Crippen LogP contribution in [-0.2, 0) is 12.7 Å². The summed E-state index contributed by atoms with van der Waals surface area (Å²) in [6, 6.07) is 4.22. The molecule has 3 heterocycles. The number of benzene rings is 1. The van der Waals surface area contributed by atoms with E-state index < -0.39 is 18.0 Å². The largest absolute Gasteiger partial charge is 0.486 e. The van der Waals surface area contributed by atoms with Crippen LogP contribution in [0, 0.1) is 0 Å². The third kappa shape index (κ3) is 2.65. The molecular formula is C16H15F3N4O3. The molecule has 0 bridgehead atoms. The zero-order valence-electron chi connectivity index (χ0n) is 13.8. The number of aromatic nitrogens is 3. The Balaban J connectivity index is 1.61. The minimum Gasteiger partial charge on any atom is -0.486 e. The molecule has 10 heteroatoms. The molecule has 0 spiro atoms. The summed E-state index contributed by atoms with van der Waals surface area (Å²) in [6.07, 6.45) is -4.58. The Hall–Kier alpha value is -2.78. The fourth-order valence-corrected chi connectivity index (χ4v) is 3.21. The first-order valence-electron chi connectivity index (χ1n) is 8.07. The van der Waals surface area contributed by atoms with Gasteiger partial charge in [0.2, 0.25) is 5.82 Å². The smallest absolute Gasteiger partial charge is 0.451 e. The summed E-state index contributed by atoms with van der Waals surface area (Å²) in [5.41, 5.74) is 0.380. The Morgan fingerprint density at radius 3 is 2.62 bits per heavy atom. The maximum absolute atomic E-state index is 13.0. The number of fused-ring (bicyclic) bond motifs is 2. The van der Waals surface area contributed by atoms with Gasteiger partial charge in [0.1, 0.15) is 13.2 Å². The average molecular weight is 368 g/mol. The summed E-state index contributed by atoms with van der Waals surface area (Å²) in [6.45, 7) is 2.59. The number of amides is 1. The highest BCUT2D eigenvalue weighted by molar-refractivity contribution is 5.95. The van der Waals surface area contributed by atoms with E-state index in [2.05, 4.69) is 10.2 Å². The summed E-state index contributed by atoms with van der Waals surface area (Å²) in [5.74, 6) is -0.180. The highest BCUT2D eigenvalue weighted by Gasteiger charge is 2.41. The van der Waals surface area contributed by atoms with Crippen molar-refractivity contribution >= 4 is 5.91 Å². The van der Waals surface area contributed by atoms with E-state index in [9.17, 15) is 18.0 Å². The molecule has 1 atom stereocenters. The van der Waals surface area contributed by atoms with Gasteiger partial charge in [-0.1, -0.05) is 0 Å². The van der Waals surface area contributed by atoms with Crippen molar-refractivity contribution in [3.05, 3.63) is 35.4 Å². The third-order valence-corrected chi connectivity index (χ3v) is 4.49. The van der Waals surface area contributed by atoms with Gasteiger partial charge in [-0.2, -0.15) is 13.2 Å². The molecule has 138 valence electrons. The normalized spacial score (nSPS) is 19.2. The summed E-state index contributed by atoms with van der Waals surface area (Å²) < 4.78 is 50.9. The number of halogens is 3. The fraction of sp³-hybridized carbons (Fsp3) is 0.438. The SMILES string of the molecule is CC1c2nnc(C(F)(F)F)n2CCN1C(=O)c1ccc2c(c1)OCCO2. The maximum Gasteiger partial charge on any atom is 0.451 e. The number of alkyl halides is 3. The highest BCUT2D eigenvalue weighted by atomic mass is 19.4. The van der Waals surface area contributed by atoms with Gasteiger partial charge in [-0.05, 0) is 25.1 Å². The Labute approximate surface area is 146 Å². The van der Waals surface area contributed by atoms with Gasteiger partial charge in [-0.15, -0.1) is 10.2 Å². The molecule has 0 N–H and O–H groups in total. The van der Waals surface area contributed by atoms with Gasteiger partial charge in [-0.3, -0.25) is 4.79 Å². The van der Waals surface area contributed by atoms with Crippen molar-refractivity contribution in [2.75, 3.05) is 19.8 Å². The average Bonchev–Trinajstić information content (AvgIpc) is 3.06. The maximum atomic E-state index is 13.0. The number of ether oxygens (including phenoxy) is 2. The van der Waals surface area contributed by atoms with Crippen molar-refractivity contribution < 1.29 is 27.4 Å². The molecule has 0 saturated heterocycles. The first-order chi connectivity index (χ1) is 12.4. The van der Waals surface area contributed by atoms with E-state index in [1.54, 1.807) is 25.1 Å². The zero-order valence-corrected chi connectivity index (χ0v) is 13.8. The van der Waals surface area contributed by atoms with Crippen molar-refractivity contribution in [2.45, 2.75) is 25.7 Å². The zero-order chi connectivity index (χ0) is 18.5. The van der Waals surface area contributed by atoms with Crippen LogP contribution in [0.25, 0.3) is 0 Å². The molecule has 1 aromatic heterocycles. The topological polar surface area (TPSA) is 69.5 Å².